The zero-order valence-corrected chi connectivity index (χ0v) is 18.0. The first kappa shape index (κ1) is 20.4. The van der Waals surface area contributed by atoms with Crippen LogP contribution in [0.5, 0.6) is 0 Å². The van der Waals surface area contributed by atoms with Crippen LogP contribution in [0.4, 0.5) is 0 Å². The van der Waals surface area contributed by atoms with E-state index in [4.69, 9.17) is 0 Å². The summed E-state index contributed by atoms with van der Waals surface area (Å²) in [7, 11) is 0. The lowest BCUT2D eigenvalue weighted by molar-refractivity contribution is -0.133. The molecule has 2 aromatic carbocycles. The van der Waals surface area contributed by atoms with Gasteiger partial charge in [-0.1, -0.05) is 48.5 Å². The van der Waals surface area contributed by atoms with Crippen LogP contribution in [0.15, 0.2) is 72.8 Å². The molecule has 30 heavy (non-hydrogen) atoms. The number of benzene rings is 2. The summed E-state index contributed by atoms with van der Waals surface area (Å²) in [4.78, 5) is 32.5. The molecule has 4 rings (SSSR count). The summed E-state index contributed by atoms with van der Waals surface area (Å²) in [5.41, 5.74) is 1.73. The van der Waals surface area contributed by atoms with E-state index >= 15 is 0 Å². The lowest BCUT2D eigenvalue weighted by Crippen LogP contribution is -2.43. The Morgan fingerprint density at radius 1 is 0.900 bits per heavy atom. The van der Waals surface area contributed by atoms with Crippen molar-refractivity contribution < 1.29 is 9.59 Å². The number of thiophene rings is 1. The second kappa shape index (κ2) is 9.26. The van der Waals surface area contributed by atoms with Crippen molar-refractivity contribution in [3.63, 3.8) is 0 Å². The van der Waals surface area contributed by atoms with E-state index in [1.54, 1.807) is 16.2 Å². The highest BCUT2D eigenvalue weighted by Crippen LogP contribution is 2.28. The van der Waals surface area contributed by atoms with E-state index in [0.717, 1.165) is 23.3 Å². The Morgan fingerprint density at radius 2 is 1.57 bits per heavy atom. The second-order valence-electron chi connectivity index (χ2n) is 7.78. The molecule has 0 atom stereocenters. The van der Waals surface area contributed by atoms with Crippen LogP contribution >= 0.6 is 11.3 Å². The third-order valence-corrected chi connectivity index (χ3v) is 6.27. The molecule has 0 spiro atoms. The van der Waals surface area contributed by atoms with Gasteiger partial charge in [0.15, 0.2) is 0 Å². The standard InChI is InChI=1S/C25H26N2O2S/c1-19-12-15-23(30-19)17-26(16-20-8-4-2-5-9-20)24(28)18-27(22-13-14-22)25(29)21-10-6-3-7-11-21/h2-12,15,22H,13-14,16-18H2,1H3. The van der Waals surface area contributed by atoms with Crippen molar-refractivity contribution in [3.8, 4) is 0 Å². The van der Waals surface area contributed by atoms with E-state index < -0.39 is 0 Å². The number of aryl methyl sites for hydroxylation is 1. The molecule has 0 bridgehead atoms. The van der Waals surface area contributed by atoms with Crippen molar-refractivity contribution in [2.45, 2.75) is 38.9 Å². The number of nitrogens with zero attached hydrogens (tertiary/aromatic N) is 2. The summed E-state index contributed by atoms with van der Waals surface area (Å²) in [5, 5.41) is 0. The molecule has 154 valence electrons. The van der Waals surface area contributed by atoms with E-state index in [0.29, 0.717) is 18.7 Å². The Bertz CT molecular complexity index is 996. The van der Waals surface area contributed by atoms with Crippen LogP contribution in [0.2, 0.25) is 0 Å². The van der Waals surface area contributed by atoms with Gasteiger partial charge in [-0.2, -0.15) is 0 Å². The molecule has 0 saturated heterocycles. The normalized spacial score (nSPS) is 13.1. The molecule has 0 unspecified atom stereocenters. The number of carbonyl (C=O) groups is 2. The van der Waals surface area contributed by atoms with Gasteiger partial charge in [0.1, 0.15) is 6.54 Å². The molecule has 2 amide bonds. The Morgan fingerprint density at radius 3 is 2.17 bits per heavy atom. The van der Waals surface area contributed by atoms with Gasteiger partial charge in [0.05, 0.1) is 6.54 Å². The Labute approximate surface area is 181 Å². The first-order valence-electron chi connectivity index (χ1n) is 10.3. The van der Waals surface area contributed by atoms with Crippen molar-refractivity contribution in [2.75, 3.05) is 6.54 Å². The monoisotopic (exact) mass is 418 g/mol. The molecule has 0 aliphatic heterocycles. The number of rotatable bonds is 8. The SMILES string of the molecule is Cc1ccc(CN(Cc2ccccc2)C(=O)CN(C(=O)c2ccccc2)C2CC2)s1. The van der Waals surface area contributed by atoms with Crippen molar-refractivity contribution in [1.82, 2.24) is 9.80 Å². The highest BCUT2D eigenvalue weighted by atomic mass is 32.1. The minimum atomic E-state index is -0.0573. The molecule has 1 heterocycles. The molecule has 1 aliphatic carbocycles. The summed E-state index contributed by atoms with van der Waals surface area (Å²) < 4.78 is 0. The van der Waals surface area contributed by atoms with Gasteiger partial charge < -0.3 is 9.80 Å². The molecule has 0 N–H and O–H groups in total. The molecule has 1 saturated carbocycles. The summed E-state index contributed by atoms with van der Waals surface area (Å²) in [5.74, 6) is -0.0702. The van der Waals surface area contributed by atoms with E-state index in [-0.39, 0.29) is 24.4 Å². The van der Waals surface area contributed by atoms with Crippen molar-refractivity contribution >= 4 is 23.2 Å². The van der Waals surface area contributed by atoms with E-state index in [1.165, 1.54) is 4.88 Å². The predicted octanol–water partition coefficient (Wildman–Crippen LogP) is 4.89. The van der Waals surface area contributed by atoms with Gasteiger partial charge in [0, 0.05) is 27.9 Å². The molecule has 1 aromatic heterocycles. The van der Waals surface area contributed by atoms with Crippen molar-refractivity contribution in [2.24, 2.45) is 0 Å². The van der Waals surface area contributed by atoms with Gasteiger partial charge in [-0.15, -0.1) is 11.3 Å². The average Bonchev–Trinajstić information content (AvgIpc) is 3.53. The maximum absolute atomic E-state index is 13.4. The number of amides is 2. The molecule has 0 radical (unpaired) electrons. The zero-order chi connectivity index (χ0) is 20.9. The van der Waals surface area contributed by atoms with Crippen LogP contribution in [0.25, 0.3) is 0 Å². The third-order valence-electron chi connectivity index (χ3n) is 5.29. The lowest BCUT2D eigenvalue weighted by atomic mass is 10.2. The molecule has 3 aromatic rings. The summed E-state index contributed by atoms with van der Waals surface area (Å²) >= 11 is 1.71. The van der Waals surface area contributed by atoms with Gasteiger partial charge in [-0.25, -0.2) is 0 Å². The summed E-state index contributed by atoms with van der Waals surface area (Å²) in [6, 6.07) is 23.6. The molecular weight excluding hydrogens is 392 g/mol. The fourth-order valence-corrected chi connectivity index (χ4v) is 4.45. The smallest absolute Gasteiger partial charge is 0.254 e. The average molecular weight is 419 g/mol. The van der Waals surface area contributed by atoms with Gasteiger partial charge >= 0.3 is 0 Å². The van der Waals surface area contributed by atoms with Gasteiger partial charge in [-0.3, -0.25) is 9.59 Å². The van der Waals surface area contributed by atoms with Crippen LogP contribution in [0, 0.1) is 6.92 Å². The highest BCUT2D eigenvalue weighted by Gasteiger charge is 2.35. The number of carbonyl (C=O) groups excluding carboxylic acids is 2. The minimum Gasteiger partial charge on any atom is -0.332 e. The van der Waals surface area contributed by atoms with Crippen LogP contribution in [0.3, 0.4) is 0 Å². The van der Waals surface area contributed by atoms with Gasteiger partial charge in [0.25, 0.3) is 5.91 Å². The summed E-state index contributed by atoms with van der Waals surface area (Å²) in [6.07, 6.45) is 1.93. The third kappa shape index (κ3) is 5.16. The molecule has 1 aliphatic rings. The Kier molecular flexibility index (Phi) is 6.29. The first-order valence-corrected chi connectivity index (χ1v) is 11.1. The van der Waals surface area contributed by atoms with Crippen LogP contribution < -0.4 is 0 Å². The van der Waals surface area contributed by atoms with Crippen LogP contribution in [0.1, 0.15) is 38.5 Å². The highest BCUT2D eigenvalue weighted by molar-refractivity contribution is 7.11. The predicted molar refractivity (Wildman–Crippen MR) is 120 cm³/mol. The topological polar surface area (TPSA) is 40.6 Å². The molecular formula is C25H26N2O2S. The zero-order valence-electron chi connectivity index (χ0n) is 17.2. The van der Waals surface area contributed by atoms with E-state index in [2.05, 4.69) is 19.1 Å². The fraction of sp³-hybridized carbons (Fsp3) is 0.280. The molecule has 4 nitrogen and oxygen atoms in total. The lowest BCUT2D eigenvalue weighted by Gasteiger charge is -2.28. The van der Waals surface area contributed by atoms with Gasteiger partial charge in [-0.05, 0) is 49.6 Å². The van der Waals surface area contributed by atoms with Crippen LogP contribution in [-0.4, -0.2) is 34.2 Å². The quantitative estimate of drug-likeness (QED) is 0.523. The Balaban J connectivity index is 1.52. The van der Waals surface area contributed by atoms with Crippen molar-refractivity contribution in [3.05, 3.63) is 93.7 Å². The van der Waals surface area contributed by atoms with Gasteiger partial charge in [0.2, 0.25) is 5.91 Å². The minimum absolute atomic E-state index is 0.0129. The number of hydrogen-bond acceptors (Lipinski definition) is 3. The van der Waals surface area contributed by atoms with E-state index in [1.807, 2.05) is 65.6 Å². The maximum Gasteiger partial charge on any atom is 0.254 e. The van der Waals surface area contributed by atoms with Crippen LogP contribution in [-0.2, 0) is 17.9 Å². The number of hydrogen-bond donors (Lipinski definition) is 0. The van der Waals surface area contributed by atoms with E-state index in [9.17, 15) is 9.59 Å². The Hall–Kier alpha value is -2.92. The summed E-state index contributed by atoms with van der Waals surface area (Å²) in [6.45, 7) is 3.29. The molecule has 5 heteroatoms. The first-order chi connectivity index (χ1) is 14.6. The second-order valence-corrected chi connectivity index (χ2v) is 9.15. The van der Waals surface area contributed by atoms with Crippen molar-refractivity contribution in [1.29, 1.82) is 0 Å². The molecule has 1 fully saturated rings. The maximum atomic E-state index is 13.4. The largest absolute Gasteiger partial charge is 0.332 e. The fourth-order valence-electron chi connectivity index (χ4n) is 3.54.